The van der Waals surface area contributed by atoms with Crippen molar-refractivity contribution in [3.63, 3.8) is 0 Å². The molecular formula is C13H17N3O4. The zero-order chi connectivity index (χ0) is 14.5. The molecule has 1 aromatic rings. The maximum atomic E-state index is 11.6. The molecule has 0 bridgehead atoms. The van der Waals surface area contributed by atoms with Gasteiger partial charge in [-0.15, -0.1) is 0 Å². The first kappa shape index (κ1) is 14.1. The van der Waals surface area contributed by atoms with Crippen LogP contribution in [0.2, 0.25) is 0 Å². The van der Waals surface area contributed by atoms with E-state index in [9.17, 15) is 9.59 Å². The fourth-order valence-electron chi connectivity index (χ4n) is 2.10. The van der Waals surface area contributed by atoms with Crippen LogP contribution in [0.25, 0.3) is 0 Å². The van der Waals surface area contributed by atoms with E-state index in [-0.39, 0.29) is 11.8 Å². The van der Waals surface area contributed by atoms with Crippen LogP contribution in [0.3, 0.4) is 0 Å². The Labute approximate surface area is 116 Å². The molecule has 1 aliphatic rings. The van der Waals surface area contributed by atoms with Gasteiger partial charge in [0.15, 0.2) is 0 Å². The van der Waals surface area contributed by atoms with Crippen LogP contribution < -0.4 is 4.90 Å². The summed E-state index contributed by atoms with van der Waals surface area (Å²) < 4.78 is 4.95. The Hall–Kier alpha value is -2.31. The zero-order valence-electron chi connectivity index (χ0n) is 11.3. The second kappa shape index (κ2) is 6.23. The average molecular weight is 279 g/mol. The van der Waals surface area contributed by atoms with Gasteiger partial charge in [-0.1, -0.05) is 0 Å². The molecule has 1 amide bonds. The molecule has 1 N–H and O–H groups in total. The zero-order valence-corrected chi connectivity index (χ0v) is 11.3. The standard InChI is InChI=1S/C13H17N3O4/c1-2-20-13(19)16-7-5-15(6-8-16)10-3-4-14-11(9-10)12(17)18/h3-4,9H,2,5-8H2,1H3,(H,17,18). The lowest BCUT2D eigenvalue weighted by molar-refractivity contribution is 0.0690. The highest BCUT2D eigenvalue weighted by Gasteiger charge is 2.22. The molecule has 2 heterocycles. The minimum Gasteiger partial charge on any atom is -0.477 e. The largest absolute Gasteiger partial charge is 0.477 e. The molecule has 1 aliphatic heterocycles. The number of aromatic nitrogens is 1. The Morgan fingerprint density at radius 2 is 2.05 bits per heavy atom. The topological polar surface area (TPSA) is 83.0 Å². The van der Waals surface area contributed by atoms with Gasteiger partial charge in [0.1, 0.15) is 5.69 Å². The molecule has 0 saturated carbocycles. The number of rotatable bonds is 3. The quantitative estimate of drug-likeness (QED) is 0.890. The number of carboxylic acid groups (broad SMARTS) is 1. The van der Waals surface area contributed by atoms with Crippen molar-refractivity contribution in [3.8, 4) is 0 Å². The molecule has 1 fully saturated rings. The van der Waals surface area contributed by atoms with Gasteiger partial charge in [-0.3, -0.25) is 0 Å². The van der Waals surface area contributed by atoms with E-state index in [2.05, 4.69) is 4.98 Å². The molecule has 2 rings (SSSR count). The highest BCUT2D eigenvalue weighted by molar-refractivity contribution is 5.86. The van der Waals surface area contributed by atoms with Gasteiger partial charge in [0.05, 0.1) is 6.61 Å². The van der Waals surface area contributed by atoms with Crippen molar-refractivity contribution >= 4 is 17.7 Å². The summed E-state index contributed by atoms with van der Waals surface area (Å²) in [6.45, 7) is 4.54. The van der Waals surface area contributed by atoms with Crippen LogP contribution in [-0.2, 0) is 4.74 Å². The van der Waals surface area contributed by atoms with Crippen molar-refractivity contribution in [3.05, 3.63) is 24.0 Å². The maximum absolute atomic E-state index is 11.6. The highest BCUT2D eigenvalue weighted by Crippen LogP contribution is 2.17. The van der Waals surface area contributed by atoms with Crippen LogP contribution in [0.15, 0.2) is 18.3 Å². The van der Waals surface area contributed by atoms with Gasteiger partial charge < -0.3 is 19.6 Å². The Balaban J connectivity index is 1.98. The number of pyridine rings is 1. The van der Waals surface area contributed by atoms with E-state index in [1.54, 1.807) is 24.0 Å². The van der Waals surface area contributed by atoms with E-state index in [0.717, 1.165) is 5.69 Å². The number of hydrogen-bond donors (Lipinski definition) is 1. The van der Waals surface area contributed by atoms with E-state index in [0.29, 0.717) is 32.8 Å². The minimum absolute atomic E-state index is 0.0234. The fraction of sp³-hybridized carbons (Fsp3) is 0.462. The molecule has 0 aromatic carbocycles. The van der Waals surface area contributed by atoms with Crippen LogP contribution in [-0.4, -0.2) is 59.8 Å². The van der Waals surface area contributed by atoms with Crippen LogP contribution in [0.5, 0.6) is 0 Å². The lowest BCUT2D eigenvalue weighted by Gasteiger charge is -2.35. The van der Waals surface area contributed by atoms with Crippen LogP contribution in [0.1, 0.15) is 17.4 Å². The minimum atomic E-state index is -1.04. The third-order valence-corrected chi connectivity index (χ3v) is 3.13. The van der Waals surface area contributed by atoms with Crippen molar-refractivity contribution in [2.24, 2.45) is 0 Å². The van der Waals surface area contributed by atoms with Gasteiger partial charge in [-0.25, -0.2) is 14.6 Å². The van der Waals surface area contributed by atoms with Gasteiger partial charge in [-0.2, -0.15) is 0 Å². The molecule has 0 atom stereocenters. The molecule has 108 valence electrons. The number of carbonyl (C=O) groups excluding carboxylic acids is 1. The lowest BCUT2D eigenvalue weighted by atomic mass is 10.2. The monoisotopic (exact) mass is 279 g/mol. The van der Waals surface area contributed by atoms with Gasteiger partial charge in [0.2, 0.25) is 0 Å². The summed E-state index contributed by atoms with van der Waals surface area (Å²) in [5.41, 5.74) is 0.830. The number of carboxylic acids is 1. The van der Waals surface area contributed by atoms with Crippen molar-refractivity contribution < 1.29 is 19.4 Å². The van der Waals surface area contributed by atoms with Gasteiger partial charge >= 0.3 is 12.1 Å². The third-order valence-electron chi connectivity index (χ3n) is 3.13. The molecule has 1 saturated heterocycles. The summed E-state index contributed by atoms with van der Waals surface area (Å²) in [6, 6.07) is 3.31. The average Bonchev–Trinajstić information content (AvgIpc) is 2.48. The normalized spacial score (nSPS) is 15.1. The number of ether oxygens (including phenoxy) is 1. The van der Waals surface area contributed by atoms with Crippen LogP contribution in [0.4, 0.5) is 10.5 Å². The number of amides is 1. The molecule has 7 heteroatoms. The first-order chi connectivity index (χ1) is 9.61. The van der Waals surface area contributed by atoms with Crippen molar-refractivity contribution in [2.75, 3.05) is 37.7 Å². The number of aromatic carboxylic acids is 1. The summed E-state index contributed by atoms with van der Waals surface area (Å²) in [4.78, 5) is 30.0. The smallest absolute Gasteiger partial charge is 0.409 e. The van der Waals surface area contributed by atoms with Gasteiger partial charge in [0, 0.05) is 38.1 Å². The van der Waals surface area contributed by atoms with Crippen LogP contribution in [0, 0.1) is 0 Å². The molecule has 0 aliphatic carbocycles. The molecule has 0 unspecified atom stereocenters. The Morgan fingerprint density at radius 3 is 2.65 bits per heavy atom. The second-order valence-corrected chi connectivity index (χ2v) is 4.38. The van der Waals surface area contributed by atoms with Gasteiger partial charge in [-0.05, 0) is 19.1 Å². The predicted molar refractivity (Wildman–Crippen MR) is 72.0 cm³/mol. The van der Waals surface area contributed by atoms with E-state index in [1.165, 1.54) is 6.20 Å². The number of piperazine rings is 1. The predicted octanol–water partition coefficient (Wildman–Crippen LogP) is 1.06. The SMILES string of the molecule is CCOC(=O)N1CCN(c2ccnc(C(=O)O)c2)CC1. The van der Waals surface area contributed by atoms with E-state index in [1.807, 2.05) is 4.90 Å². The first-order valence-electron chi connectivity index (χ1n) is 6.48. The van der Waals surface area contributed by atoms with E-state index >= 15 is 0 Å². The number of carbonyl (C=O) groups is 2. The molecule has 1 aromatic heterocycles. The van der Waals surface area contributed by atoms with Crippen LogP contribution >= 0.6 is 0 Å². The molecular weight excluding hydrogens is 262 g/mol. The third kappa shape index (κ3) is 3.17. The lowest BCUT2D eigenvalue weighted by Crippen LogP contribution is -2.49. The van der Waals surface area contributed by atoms with Gasteiger partial charge in [0.25, 0.3) is 0 Å². The number of anilines is 1. The number of hydrogen-bond acceptors (Lipinski definition) is 5. The van der Waals surface area contributed by atoms with Crippen molar-refractivity contribution in [1.82, 2.24) is 9.88 Å². The Bertz CT molecular complexity index is 498. The number of nitrogens with zero attached hydrogens (tertiary/aromatic N) is 3. The summed E-state index contributed by atoms with van der Waals surface area (Å²) in [5, 5.41) is 8.93. The first-order valence-corrected chi connectivity index (χ1v) is 6.48. The highest BCUT2D eigenvalue weighted by atomic mass is 16.6. The summed E-state index contributed by atoms with van der Waals surface area (Å²) >= 11 is 0. The molecule has 0 spiro atoms. The van der Waals surface area contributed by atoms with E-state index < -0.39 is 5.97 Å². The van der Waals surface area contributed by atoms with Crippen molar-refractivity contribution in [1.29, 1.82) is 0 Å². The second-order valence-electron chi connectivity index (χ2n) is 4.38. The van der Waals surface area contributed by atoms with E-state index in [4.69, 9.17) is 9.84 Å². The summed E-state index contributed by atoms with van der Waals surface area (Å²) in [7, 11) is 0. The van der Waals surface area contributed by atoms with Crippen molar-refractivity contribution in [2.45, 2.75) is 6.92 Å². The molecule has 0 radical (unpaired) electrons. The molecule has 20 heavy (non-hydrogen) atoms. The summed E-state index contributed by atoms with van der Waals surface area (Å²) in [5.74, 6) is -1.04. The maximum Gasteiger partial charge on any atom is 0.409 e. The molecule has 7 nitrogen and oxygen atoms in total. The summed E-state index contributed by atoms with van der Waals surface area (Å²) in [6.07, 6.45) is 1.18. The Kier molecular flexibility index (Phi) is 4.39. The fourth-order valence-corrected chi connectivity index (χ4v) is 2.10. The Morgan fingerprint density at radius 1 is 1.35 bits per heavy atom.